The first-order valence-electron chi connectivity index (χ1n) is 7.49. The second-order valence-corrected chi connectivity index (χ2v) is 5.50. The zero-order valence-corrected chi connectivity index (χ0v) is 12.7. The minimum atomic E-state index is 0.418. The van der Waals surface area contributed by atoms with Gasteiger partial charge in [-0.25, -0.2) is 0 Å². The number of aromatic nitrogens is 3. The lowest BCUT2D eigenvalue weighted by Gasteiger charge is -2.24. The Morgan fingerprint density at radius 1 is 1.25 bits per heavy atom. The lowest BCUT2D eigenvalue weighted by molar-refractivity contribution is 0.212. The highest BCUT2D eigenvalue weighted by molar-refractivity contribution is 5.36. The van der Waals surface area contributed by atoms with E-state index in [1.807, 2.05) is 19.0 Å². The Bertz CT molecular complexity index is 420. The van der Waals surface area contributed by atoms with Crippen molar-refractivity contribution in [2.75, 3.05) is 37.5 Å². The van der Waals surface area contributed by atoms with Crippen molar-refractivity contribution in [1.82, 2.24) is 15.0 Å². The molecule has 2 rings (SSSR count). The van der Waals surface area contributed by atoms with E-state index in [4.69, 9.17) is 4.74 Å². The molecule has 1 heterocycles. The number of nitrogens with zero attached hydrogens (tertiary/aromatic N) is 4. The van der Waals surface area contributed by atoms with Crippen LogP contribution in [0.25, 0.3) is 0 Å². The average Bonchev–Trinajstić information content (AvgIpc) is 2.39. The van der Waals surface area contributed by atoms with Gasteiger partial charge in [-0.05, 0) is 18.8 Å². The highest BCUT2D eigenvalue weighted by Gasteiger charge is 2.17. The van der Waals surface area contributed by atoms with Crippen molar-refractivity contribution in [2.24, 2.45) is 5.92 Å². The fraction of sp³-hybridized carbons (Fsp3) is 0.786. The molecular formula is C14H25N5O. The quantitative estimate of drug-likeness (QED) is 0.788. The first-order valence-corrected chi connectivity index (χ1v) is 7.49. The number of anilines is 2. The summed E-state index contributed by atoms with van der Waals surface area (Å²) in [6.07, 6.45) is 6.17. The molecule has 6 nitrogen and oxygen atoms in total. The van der Waals surface area contributed by atoms with Gasteiger partial charge in [-0.15, -0.1) is 0 Å². The molecule has 0 amide bonds. The van der Waals surface area contributed by atoms with E-state index in [9.17, 15) is 0 Å². The Morgan fingerprint density at radius 3 is 2.65 bits per heavy atom. The zero-order valence-electron chi connectivity index (χ0n) is 12.7. The Hall–Kier alpha value is -1.59. The van der Waals surface area contributed by atoms with Crippen LogP contribution in [0.2, 0.25) is 0 Å². The van der Waals surface area contributed by atoms with Crippen molar-refractivity contribution < 1.29 is 4.74 Å². The lowest BCUT2D eigenvalue weighted by atomic mass is 9.83. The first-order chi connectivity index (χ1) is 9.69. The predicted octanol–water partition coefficient (Wildman–Crippen LogP) is 2.33. The summed E-state index contributed by atoms with van der Waals surface area (Å²) in [6.45, 7) is 3.64. The molecule has 6 heteroatoms. The second-order valence-electron chi connectivity index (χ2n) is 5.50. The van der Waals surface area contributed by atoms with Crippen LogP contribution in [0.1, 0.15) is 39.0 Å². The monoisotopic (exact) mass is 279 g/mol. The Balaban J connectivity index is 1.95. The van der Waals surface area contributed by atoms with Gasteiger partial charge in [0.2, 0.25) is 11.9 Å². The summed E-state index contributed by atoms with van der Waals surface area (Å²) in [5.41, 5.74) is 0. The van der Waals surface area contributed by atoms with Gasteiger partial charge in [0.1, 0.15) is 0 Å². The van der Waals surface area contributed by atoms with Crippen LogP contribution in [-0.4, -0.2) is 42.2 Å². The Labute approximate surface area is 121 Å². The number of rotatable bonds is 8. The molecular weight excluding hydrogens is 254 g/mol. The van der Waals surface area contributed by atoms with E-state index < -0.39 is 0 Å². The van der Waals surface area contributed by atoms with E-state index in [0.717, 1.165) is 25.3 Å². The minimum Gasteiger partial charge on any atom is -0.463 e. The summed E-state index contributed by atoms with van der Waals surface area (Å²) in [5.74, 6) is 2.05. The van der Waals surface area contributed by atoms with Crippen LogP contribution in [0.15, 0.2) is 0 Å². The summed E-state index contributed by atoms with van der Waals surface area (Å²) >= 11 is 0. The third kappa shape index (κ3) is 4.21. The Morgan fingerprint density at radius 2 is 2.05 bits per heavy atom. The van der Waals surface area contributed by atoms with Crippen molar-refractivity contribution in [2.45, 2.75) is 39.0 Å². The normalized spacial score (nSPS) is 14.8. The van der Waals surface area contributed by atoms with Crippen LogP contribution in [-0.2, 0) is 0 Å². The van der Waals surface area contributed by atoms with Gasteiger partial charge in [0.25, 0.3) is 0 Å². The molecule has 0 atom stereocenters. The fourth-order valence-corrected chi connectivity index (χ4v) is 2.02. The molecule has 0 aliphatic heterocycles. The molecule has 0 unspecified atom stereocenters. The van der Waals surface area contributed by atoms with E-state index >= 15 is 0 Å². The van der Waals surface area contributed by atoms with E-state index in [2.05, 4.69) is 27.2 Å². The van der Waals surface area contributed by atoms with Gasteiger partial charge in [0.15, 0.2) is 0 Å². The zero-order chi connectivity index (χ0) is 14.4. The largest absolute Gasteiger partial charge is 0.463 e. The van der Waals surface area contributed by atoms with Gasteiger partial charge in [0, 0.05) is 20.6 Å². The van der Waals surface area contributed by atoms with Crippen LogP contribution >= 0.6 is 0 Å². The standard InChI is InChI=1S/C14H25N5O/c1-4-9-15-12-16-13(19(2)3)18-14(17-12)20-10-8-11-6-5-7-11/h11H,4-10H2,1-3H3,(H,15,16,17,18). The molecule has 1 aromatic rings. The van der Waals surface area contributed by atoms with E-state index in [-0.39, 0.29) is 0 Å². The average molecular weight is 279 g/mol. The summed E-state index contributed by atoms with van der Waals surface area (Å²) < 4.78 is 5.69. The van der Waals surface area contributed by atoms with Crippen LogP contribution in [0.3, 0.4) is 0 Å². The van der Waals surface area contributed by atoms with Crippen LogP contribution in [0.4, 0.5) is 11.9 Å². The summed E-state index contributed by atoms with van der Waals surface area (Å²) in [5, 5.41) is 3.18. The van der Waals surface area contributed by atoms with Gasteiger partial charge in [-0.3, -0.25) is 0 Å². The highest BCUT2D eigenvalue weighted by atomic mass is 16.5. The SMILES string of the molecule is CCCNc1nc(OCCC2CCC2)nc(N(C)C)n1. The molecule has 0 aromatic carbocycles. The van der Waals surface area contributed by atoms with Gasteiger partial charge in [-0.1, -0.05) is 26.2 Å². The summed E-state index contributed by atoms with van der Waals surface area (Å²) in [7, 11) is 3.83. The fourth-order valence-electron chi connectivity index (χ4n) is 2.02. The predicted molar refractivity (Wildman–Crippen MR) is 80.4 cm³/mol. The molecule has 1 aromatic heterocycles. The Kier molecular flexibility index (Phi) is 5.38. The lowest BCUT2D eigenvalue weighted by Crippen LogP contribution is -2.18. The van der Waals surface area contributed by atoms with Gasteiger partial charge < -0.3 is 15.0 Å². The molecule has 1 N–H and O–H groups in total. The molecule has 0 spiro atoms. The second kappa shape index (κ2) is 7.26. The van der Waals surface area contributed by atoms with Crippen molar-refractivity contribution in [3.05, 3.63) is 0 Å². The molecule has 0 saturated heterocycles. The molecule has 1 aliphatic rings. The van der Waals surface area contributed by atoms with Crippen LogP contribution < -0.4 is 15.0 Å². The van der Waals surface area contributed by atoms with E-state index in [0.29, 0.717) is 24.5 Å². The molecule has 20 heavy (non-hydrogen) atoms. The molecule has 1 fully saturated rings. The van der Waals surface area contributed by atoms with Crippen LogP contribution in [0.5, 0.6) is 6.01 Å². The third-order valence-electron chi connectivity index (χ3n) is 3.52. The maximum atomic E-state index is 5.69. The molecule has 0 radical (unpaired) electrons. The maximum Gasteiger partial charge on any atom is 0.323 e. The number of nitrogens with one attached hydrogen (secondary N) is 1. The molecule has 1 aliphatic carbocycles. The molecule has 112 valence electrons. The maximum absolute atomic E-state index is 5.69. The van der Waals surface area contributed by atoms with Crippen molar-refractivity contribution in [3.8, 4) is 6.01 Å². The van der Waals surface area contributed by atoms with Gasteiger partial charge in [0.05, 0.1) is 6.61 Å². The van der Waals surface area contributed by atoms with Crippen molar-refractivity contribution in [3.63, 3.8) is 0 Å². The molecule has 1 saturated carbocycles. The topological polar surface area (TPSA) is 63.2 Å². The number of ether oxygens (including phenoxy) is 1. The number of hydrogen-bond acceptors (Lipinski definition) is 6. The van der Waals surface area contributed by atoms with Crippen molar-refractivity contribution >= 4 is 11.9 Å². The van der Waals surface area contributed by atoms with E-state index in [1.165, 1.54) is 19.3 Å². The molecule has 0 bridgehead atoms. The minimum absolute atomic E-state index is 0.418. The number of hydrogen-bond donors (Lipinski definition) is 1. The summed E-state index contributed by atoms with van der Waals surface area (Å²) in [4.78, 5) is 14.8. The third-order valence-corrected chi connectivity index (χ3v) is 3.52. The highest BCUT2D eigenvalue weighted by Crippen LogP contribution is 2.29. The summed E-state index contributed by atoms with van der Waals surface area (Å²) in [6, 6.07) is 0.418. The smallest absolute Gasteiger partial charge is 0.323 e. The van der Waals surface area contributed by atoms with Crippen LogP contribution in [0, 0.1) is 5.92 Å². The van der Waals surface area contributed by atoms with E-state index in [1.54, 1.807) is 0 Å². The van der Waals surface area contributed by atoms with Crippen molar-refractivity contribution in [1.29, 1.82) is 0 Å². The first kappa shape index (κ1) is 14.8. The van der Waals surface area contributed by atoms with Gasteiger partial charge >= 0.3 is 6.01 Å². The van der Waals surface area contributed by atoms with Gasteiger partial charge in [-0.2, -0.15) is 15.0 Å².